The van der Waals surface area contributed by atoms with Gasteiger partial charge in [0.1, 0.15) is 0 Å². The van der Waals surface area contributed by atoms with Crippen LogP contribution in [0, 0.1) is 0 Å². The van der Waals surface area contributed by atoms with Gasteiger partial charge in [0.2, 0.25) is 0 Å². The fourth-order valence-corrected chi connectivity index (χ4v) is 0. The molecule has 0 radical (unpaired) electrons. The van der Waals surface area contributed by atoms with Crippen LogP contribution in [0.3, 0.4) is 0 Å². The second kappa shape index (κ2) is 108. The molecule has 4 N–H and O–H groups in total. The summed E-state index contributed by atoms with van der Waals surface area (Å²) >= 11 is 0. The van der Waals surface area contributed by atoms with E-state index < -0.39 is 0 Å². The Bertz CT molecular complexity index is 7.51. The van der Waals surface area contributed by atoms with Gasteiger partial charge in [0.15, 0.2) is 0 Å². The molecule has 6 heteroatoms. The minimum Gasteiger partial charge on any atom is -0.870 e. The van der Waals surface area contributed by atoms with Crippen molar-refractivity contribution in [3.05, 3.63) is 0 Å². The minimum atomic E-state index is 0. The van der Waals surface area contributed by atoms with Crippen LogP contribution in [0.15, 0.2) is 0 Å². The van der Waals surface area contributed by atoms with Crippen LogP contribution in [0.25, 0.3) is 0 Å². The molecule has 0 aliphatic carbocycles. The number of hydrogen-bond donors (Lipinski definition) is 0. The Labute approximate surface area is 65.3 Å². The van der Waals surface area contributed by atoms with E-state index in [0.717, 1.165) is 0 Å². The SMILES string of the molecule is [Mg+2].[OH-].[OH-].[OH-].[OH-].[Pd+2]. The average molecular weight is 199 g/mol. The predicted molar refractivity (Wildman–Crippen MR) is 13.5 cm³/mol. The van der Waals surface area contributed by atoms with Crippen molar-refractivity contribution >= 4 is 23.1 Å². The van der Waals surface area contributed by atoms with Gasteiger partial charge >= 0.3 is 43.5 Å². The van der Waals surface area contributed by atoms with Crippen LogP contribution in [-0.4, -0.2) is 45.0 Å². The Kier molecular flexibility index (Phi) is 3200. The van der Waals surface area contributed by atoms with E-state index in [2.05, 4.69) is 0 Å². The van der Waals surface area contributed by atoms with E-state index >= 15 is 0 Å². The largest absolute Gasteiger partial charge is 2.00 e. The van der Waals surface area contributed by atoms with Crippen molar-refractivity contribution in [1.82, 2.24) is 0 Å². The molecule has 0 saturated heterocycles. The van der Waals surface area contributed by atoms with Gasteiger partial charge in [0, 0.05) is 0 Å². The molecule has 4 nitrogen and oxygen atoms in total. The van der Waals surface area contributed by atoms with Crippen LogP contribution in [0.4, 0.5) is 0 Å². The fraction of sp³-hybridized carbons (Fsp3) is 0. The molecular weight excluding hydrogens is 195 g/mol. The van der Waals surface area contributed by atoms with E-state index in [1.165, 1.54) is 0 Å². The Morgan fingerprint density at radius 1 is 0.500 bits per heavy atom. The molecule has 0 saturated carbocycles. The Balaban J connectivity index is 0. The molecule has 0 aliphatic rings. The summed E-state index contributed by atoms with van der Waals surface area (Å²) < 4.78 is 0. The summed E-state index contributed by atoms with van der Waals surface area (Å²) in [5.41, 5.74) is 0. The van der Waals surface area contributed by atoms with Crippen LogP contribution in [-0.2, 0) is 20.4 Å². The smallest absolute Gasteiger partial charge is 0.870 e. The standard InChI is InChI=1S/Mg.4H2O.Pd/h;4*1H2;/q+2;;;;;+2/p-4. The van der Waals surface area contributed by atoms with E-state index in [1.807, 2.05) is 0 Å². The molecule has 0 aliphatic heterocycles. The zero-order valence-corrected chi connectivity index (χ0v) is 5.78. The first-order valence-corrected chi connectivity index (χ1v) is 0. The van der Waals surface area contributed by atoms with Gasteiger partial charge in [-0.3, -0.25) is 0 Å². The average Bonchev–Trinajstić information content (AvgIpc) is 0. The van der Waals surface area contributed by atoms with Gasteiger partial charge < -0.3 is 21.9 Å². The summed E-state index contributed by atoms with van der Waals surface area (Å²) in [5.74, 6) is 0. The molecule has 0 atom stereocenters. The zero-order valence-electron chi connectivity index (χ0n) is 2.81. The predicted octanol–water partition coefficient (Wildman–Crippen LogP) is -1.09. The van der Waals surface area contributed by atoms with E-state index in [-0.39, 0.29) is 65.4 Å². The first-order chi connectivity index (χ1) is 0. The second-order valence-electron chi connectivity index (χ2n) is 0. The van der Waals surface area contributed by atoms with Crippen molar-refractivity contribution in [2.75, 3.05) is 0 Å². The maximum atomic E-state index is 0. The molecule has 0 bridgehead atoms. The molecule has 0 aromatic heterocycles. The Morgan fingerprint density at radius 2 is 0.500 bits per heavy atom. The van der Waals surface area contributed by atoms with Crippen LogP contribution >= 0.6 is 0 Å². The van der Waals surface area contributed by atoms with Gasteiger partial charge in [-0.05, 0) is 0 Å². The van der Waals surface area contributed by atoms with Gasteiger partial charge in [0.05, 0.1) is 0 Å². The number of hydrogen-bond acceptors (Lipinski definition) is 4. The molecule has 0 aromatic rings. The number of rotatable bonds is 0. The first-order valence-electron chi connectivity index (χ1n) is 0. The molecule has 0 rings (SSSR count). The third-order valence-electron chi connectivity index (χ3n) is 0. The van der Waals surface area contributed by atoms with Crippen molar-refractivity contribution in [2.45, 2.75) is 0 Å². The van der Waals surface area contributed by atoms with Crippen LogP contribution in [0.1, 0.15) is 0 Å². The van der Waals surface area contributed by atoms with Crippen LogP contribution in [0.2, 0.25) is 0 Å². The molecule has 0 spiro atoms. The monoisotopic (exact) mass is 198 g/mol. The van der Waals surface area contributed by atoms with Gasteiger partial charge in [-0.15, -0.1) is 0 Å². The summed E-state index contributed by atoms with van der Waals surface area (Å²) in [5, 5.41) is 0. The van der Waals surface area contributed by atoms with Gasteiger partial charge in [-0.2, -0.15) is 0 Å². The van der Waals surface area contributed by atoms with Crippen molar-refractivity contribution in [3.8, 4) is 0 Å². The maximum absolute atomic E-state index is 0. The molecule has 40 valence electrons. The summed E-state index contributed by atoms with van der Waals surface area (Å²) in [4.78, 5) is 0. The third kappa shape index (κ3) is 59.7. The normalized spacial score (nSPS) is 0. The molecule has 0 amide bonds. The van der Waals surface area contributed by atoms with E-state index in [1.54, 1.807) is 0 Å². The molecule has 6 heavy (non-hydrogen) atoms. The Morgan fingerprint density at radius 3 is 0.500 bits per heavy atom. The van der Waals surface area contributed by atoms with Crippen molar-refractivity contribution in [2.24, 2.45) is 0 Å². The molecule has 0 aromatic carbocycles. The Hall–Kier alpha value is 1.27. The topological polar surface area (TPSA) is 120 Å². The molecular formula is H4MgO4Pd. The summed E-state index contributed by atoms with van der Waals surface area (Å²) in [6, 6.07) is 0. The van der Waals surface area contributed by atoms with Crippen LogP contribution in [0.5, 0.6) is 0 Å². The maximum Gasteiger partial charge on any atom is 2.00 e. The van der Waals surface area contributed by atoms with Gasteiger partial charge in [-0.1, -0.05) is 0 Å². The van der Waals surface area contributed by atoms with Crippen molar-refractivity contribution in [3.63, 3.8) is 0 Å². The quantitative estimate of drug-likeness (QED) is 0.459. The van der Waals surface area contributed by atoms with Crippen molar-refractivity contribution in [1.29, 1.82) is 0 Å². The van der Waals surface area contributed by atoms with E-state index in [9.17, 15) is 0 Å². The molecule has 0 heterocycles. The minimum absolute atomic E-state index is 0. The summed E-state index contributed by atoms with van der Waals surface area (Å²) in [6.07, 6.45) is 0. The summed E-state index contributed by atoms with van der Waals surface area (Å²) in [6.45, 7) is 0. The summed E-state index contributed by atoms with van der Waals surface area (Å²) in [7, 11) is 0. The van der Waals surface area contributed by atoms with Gasteiger partial charge in [-0.25, -0.2) is 0 Å². The first kappa shape index (κ1) is 177. The van der Waals surface area contributed by atoms with Gasteiger partial charge in [0.25, 0.3) is 0 Å². The third-order valence-corrected chi connectivity index (χ3v) is 0. The molecule has 0 fully saturated rings. The van der Waals surface area contributed by atoms with Crippen LogP contribution < -0.4 is 0 Å². The fourth-order valence-electron chi connectivity index (χ4n) is 0. The van der Waals surface area contributed by atoms with Crippen molar-refractivity contribution < 1.29 is 42.3 Å². The zero-order chi connectivity index (χ0) is 0. The van der Waals surface area contributed by atoms with E-state index in [4.69, 9.17) is 0 Å². The van der Waals surface area contributed by atoms with E-state index in [0.29, 0.717) is 0 Å². The second-order valence-corrected chi connectivity index (χ2v) is 0. The molecule has 0 unspecified atom stereocenters.